The molecular weight excluding hydrogens is 260 g/mol. The molecule has 0 spiro atoms. The van der Waals surface area contributed by atoms with Crippen LogP contribution >= 0.6 is 0 Å². The fraction of sp³-hybridized carbons (Fsp3) is 0.611. The summed E-state index contributed by atoms with van der Waals surface area (Å²) in [5, 5.41) is 3.12. The summed E-state index contributed by atoms with van der Waals surface area (Å²) < 4.78 is 0. The van der Waals surface area contributed by atoms with E-state index in [9.17, 15) is 4.79 Å². The van der Waals surface area contributed by atoms with Crippen LogP contribution in [0.1, 0.15) is 51.9 Å². The van der Waals surface area contributed by atoms with E-state index in [1.165, 1.54) is 30.5 Å². The molecule has 0 radical (unpaired) electrons. The Balaban J connectivity index is 2.01. The molecule has 1 aromatic rings. The van der Waals surface area contributed by atoms with Gasteiger partial charge in [-0.15, -0.1) is 0 Å². The summed E-state index contributed by atoms with van der Waals surface area (Å²) in [7, 11) is 2.18. The highest BCUT2D eigenvalue weighted by molar-refractivity contribution is 5.97. The molecule has 3 nitrogen and oxygen atoms in total. The van der Waals surface area contributed by atoms with Crippen molar-refractivity contribution in [3.63, 3.8) is 0 Å². The summed E-state index contributed by atoms with van der Waals surface area (Å²) >= 11 is 0. The maximum atomic E-state index is 12.5. The van der Waals surface area contributed by atoms with Crippen LogP contribution < -0.4 is 5.32 Å². The number of likely N-dealkylation sites (tertiary alicyclic amines) is 1. The minimum atomic E-state index is 0.0810. The average Bonchev–Trinajstić information content (AvgIpc) is 2.83. The first kappa shape index (κ1) is 16.0. The second-order valence-electron chi connectivity index (χ2n) is 6.46. The minimum Gasteiger partial charge on any atom is -0.352 e. The standard InChI is InChI=1S/C18H28N2O/c1-12-11-13(2)15(4)17(14(12)3)18(21)19-9-8-16-7-6-10-20(16)5/h11,16H,6-10H2,1-5H3,(H,19,21)/t16-/m1/s1. The van der Waals surface area contributed by atoms with Crippen LogP contribution in [0.2, 0.25) is 0 Å². The van der Waals surface area contributed by atoms with Crippen molar-refractivity contribution in [1.82, 2.24) is 10.2 Å². The van der Waals surface area contributed by atoms with Crippen molar-refractivity contribution in [3.8, 4) is 0 Å². The van der Waals surface area contributed by atoms with Crippen LogP contribution in [0.4, 0.5) is 0 Å². The molecule has 0 saturated carbocycles. The third-order valence-electron chi connectivity index (χ3n) is 5.03. The van der Waals surface area contributed by atoms with E-state index < -0.39 is 0 Å². The topological polar surface area (TPSA) is 32.3 Å². The predicted octanol–water partition coefficient (Wildman–Crippen LogP) is 3.13. The Morgan fingerprint density at radius 3 is 2.38 bits per heavy atom. The molecule has 0 aliphatic carbocycles. The van der Waals surface area contributed by atoms with Crippen molar-refractivity contribution in [1.29, 1.82) is 0 Å². The van der Waals surface area contributed by atoms with Gasteiger partial charge in [-0.2, -0.15) is 0 Å². The molecule has 1 aliphatic heterocycles. The molecule has 1 amide bonds. The van der Waals surface area contributed by atoms with Crippen molar-refractivity contribution in [3.05, 3.63) is 33.9 Å². The predicted molar refractivity (Wildman–Crippen MR) is 88.0 cm³/mol. The van der Waals surface area contributed by atoms with Gasteiger partial charge in [0.2, 0.25) is 0 Å². The van der Waals surface area contributed by atoms with Crippen molar-refractivity contribution in [2.24, 2.45) is 0 Å². The minimum absolute atomic E-state index is 0.0810. The Labute approximate surface area is 128 Å². The zero-order valence-corrected chi connectivity index (χ0v) is 14.0. The molecule has 0 unspecified atom stereocenters. The number of benzene rings is 1. The molecule has 1 N–H and O–H groups in total. The van der Waals surface area contributed by atoms with Crippen molar-refractivity contribution < 1.29 is 4.79 Å². The van der Waals surface area contributed by atoms with Gasteiger partial charge in [-0.05, 0) is 82.8 Å². The van der Waals surface area contributed by atoms with Gasteiger partial charge in [-0.1, -0.05) is 6.07 Å². The lowest BCUT2D eigenvalue weighted by atomic mass is 9.93. The Morgan fingerprint density at radius 2 is 1.86 bits per heavy atom. The SMILES string of the molecule is Cc1cc(C)c(C)c(C(=O)NCC[C@H]2CCCN2C)c1C. The number of carbonyl (C=O) groups excluding carboxylic acids is 1. The molecule has 1 heterocycles. The van der Waals surface area contributed by atoms with Gasteiger partial charge < -0.3 is 10.2 Å². The summed E-state index contributed by atoms with van der Waals surface area (Å²) in [6.45, 7) is 10.2. The Bertz CT molecular complexity index is 510. The van der Waals surface area contributed by atoms with E-state index in [0.717, 1.165) is 29.7 Å². The number of aryl methyl sites for hydroxylation is 2. The number of amides is 1. The zero-order chi connectivity index (χ0) is 15.6. The average molecular weight is 288 g/mol. The van der Waals surface area contributed by atoms with Crippen molar-refractivity contribution in [2.45, 2.75) is 53.0 Å². The van der Waals surface area contributed by atoms with Crippen LogP contribution in [0.3, 0.4) is 0 Å². The second-order valence-corrected chi connectivity index (χ2v) is 6.46. The van der Waals surface area contributed by atoms with Gasteiger partial charge in [0.05, 0.1) is 0 Å². The molecule has 0 bridgehead atoms. The quantitative estimate of drug-likeness (QED) is 0.923. The summed E-state index contributed by atoms with van der Waals surface area (Å²) in [5.74, 6) is 0.0810. The molecule has 0 aromatic heterocycles. The fourth-order valence-corrected chi connectivity index (χ4v) is 3.34. The molecule has 1 aliphatic rings. The summed E-state index contributed by atoms with van der Waals surface area (Å²) in [6, 6.07) is 2.79. The van der Waals surface area contributed by atoms with E-state index >= 15 is 0 Å². The van der Waals surface area contributed by atoms with E-state index in [-0.39, 0.29) is 5.91 Å². The second kappa shape index (κ2) is 6.61. The maximum Gasteiger partial charge on any atom is 0.251 e. The van der Waals surface area contributed by atoms with E-state index in [4.69, 9.17) is 0 Å². The number of hydrogen-bond acceptors (Lipinski definition) is 2. The molecule has 1 saturated heterocycles. The summed E-state index contributed by atoms with van der Waals surface area (Å²) in [4.78, 5) is 14.9. The van der Waals surface area contributed by atoms with Gasteiger partial charge >= 0.3 is 0 Å². The highest BCUT2D eigenvalue weighted by Gasteiger charge is 2.21. The van der Waals surface area contributed by atoms with Crippen LogP contribution in [-0.4, -0.2) is 37.0 Å². The number of nitrogens with one attached hydrogen (secondary N) is 1. The van der Waals surface area contributed by atoms with E-state index in [2.05, 4.69) is 37.2 Å². The van der Waals surface area contributed by atoms with Gasteiger partial charge in [0, 0.05) is 18.2 Å². The van der Waals surface area contributed by atoms with E-state index in [1.54, 1.807) is 0 Å². The fourth-order valence-electron chi connectivity index (χ4n) is 3.34. The number of nitrogens with zero attached hydrogens (tertiary/aromatic N) is 1. The van der Waals surface area contributed by atoms with Crippen LogP contribution in [0.25, 0.3) is 0 Å². The first-order valence-corrected chi connectivity index (χ1v) is 7.97. The lowest BCUT2D eigenvalue weighted by Crippen LogP contribution is -2.32. The maximum absolute atomic E-state index is 12.5. The molecule has 3 heteroatoms. The van der Waals surface area contributed by atoms with E-state index in [1.807, 2.05) is 13.8 Å². The molecule has 1 aromatic carbocycles. The lowest BCUT2D eigenvalue weighted by Gasteiger charge is -2.20. The summed E-state index contributed by atoms with van der Waals surface area (Å²) in [5.41, 5.74) is 5.46. The number of carbonyl (C=O) groups is 1. The van der Waals surface area contributed by atoms with E-state index in [0.29, 0.717) is 6.04 Å². The first-order valence-electron chi connectivity index (χ1n) is 7.97. The molecular formula is C18H28N2O. The molecule has 1 atom stereocenters. The third kappa shape index (κ3) is 3.46. The zero-order valence-electron chi connectivity index (χ0n) is 14.0. The molecule has 116 valence electrons. The van der Waals surface area contributed by atoms with Gasteiger partial charge in [0.15, 0.2) is 0 Å². The Kier molecular flexibility index (Phi) is 5.04. The first-order chi connectivity index (χ1) is 9.91. The van der Waals surface area contributed by atoms with Crippen LogP contribution in [0, 0.1) is 27.7 Å². The Morgan fingerprint density at radius 1 is 1.24 bits per heavy atom. The highest BCUT2D eigenvalue weighted by Crippen LogP contribution is 2.22. The third-order valence-corrected chi connectivity index (χ3v) is 5.03. The van der Waals surface area contributed by atoms with Crippen LogP contribution in [0.15, 0.2) is 6.07 Å². The van der Waals surface area contributed by atoms with Crippen LogP contribution in [0.5, 0.6) is 0 Å². The molecule has 1 fully saturated rings. The highest BCUT2D eigenvalue weighted by atomic mass is 16.1. The van der Waals surface area contributed by atoms with Gasteiger partial charge in [-0.25, -0.2) is 0 Å². The number of rotatable bonds is 4. The van der Waals surface area contributed by atoms with Crippen molar-refractivity contribution in [2.75, 3.05) is 20.1 Å². The number of hydrogen-bond donors (Lipinski definition) is 1. The normalized spacial score (nSPS) is 19.0. The van der Waals surface area contributed by atoms with Gasteiger partial charge in [0.1, 0.15) is 0 Å². The lowest BCUT2D eigenvalue weighted by molar-refractivity contribution is 0.0949. The van der Waals surface area contributed by atoms with Gasteiger partial charge in [0.25, 0.3) is 5.91 Å². The molecule has 21 heavy (non-hydrogen) atoms. The largest absolute Gasteiger partial charge is 0.352 e. The molecule has 2 rings (SSSR count). The monoisotopic (exact) mass is 288 g/mol. The van der Waals surface area contributed by atoms with Crippen molar-refractivity contribution >= 4 is 5.91 Å². The van der Waals surface area contributed by atoms with Crippen LogP contribution in [-0.2, 0) is 0 Å². The van der Waals surface area contributed by atoms with Gasteiger partial charge in [-0.3, -0.25) is 4.79 Å². The smallest absolute Gasteiger partial charge is 0.251 e. The Hall–Kier alpha value is -1.35. The summed E-state index contributed by atoms with van der Waals surface area (Å²) in [6.07, 6.45) is 3.59.